The molecule has 0 aliphatic carbocycles. The molecule has 1 fully saturated rings. The molecule has 5 nitrogen and oxygen atoms in total. The summed E-state index contributed by atoms with van der Waals surface area (Å²) in [6.45, 7) is 7.09. The van der Waals surface area contributed by atoms with Gasteiger partial charge >= 0.3 is 0 Å². The molecule has 1 aliphatic heterocycles. The molecule has 0 spiro atoms. The molecule has 0 radical (unpaired) electrons. The van der Waals surface area contributed by atoms with Gasteiger partial charge in [-0.05, 0) is 26.7 Å². The number of aryl methyl sites for hydroxylation is 1. The predicted octanol–water partition coefficient (Wildman–Crippen LogP) is 2.29. The summed E-state index contributed by atoms with van der Waals surface area (Å²) in [5.74, 6) is 7.13. The topological polar surface area (TPSA) is 73.1 Å². The fourth-order valence-corrected chi connectivity index (χ4v) is 3.34. The maximum atomic E-state index is 5.61. The van der Waals surface area contributed by atoms with Crippen LogP contribution in [0.25, 0.3) is 0 Å². The first-order chi connectivity index (χ1) is 9.15. The van der Waals surface area contributed by atoms with Gasteiger partial charge in [-0.1, -0.05) is 18.7 Å². The minimum Gasteiger partial charge on any atom is -0.377 e. The molecule has 0 amide bonds. The Morgan fingerprint density at radius 1 is 1.47 bits per heavy atom. The second kappa shape index (κ2) is 6.54. The Bertz CT molecular complexity index is 441. The van der Waals surface area contributed by atoms with E-state index in [9.17, 15) is 0 Å². The number of hydrogen-bond donors (Lipinski definition) is 2. The van der Waals surface area contributed by atoms with E-state index in [1.165, 1.54) is 0 Å². The van der Waals surface area contributed by atoms with Crippen molar-refractivity contribution in [1.82, 2.24) is 9.97 Å². The fraction of sp³-hybridized carbons (Fsp3) is 0.692. The Morgan fingerprint density at radius 2 is 2.26 bits per heavy atom. The van der Waals surface area contributed by atoms with Crippen LogP contribution in [0.4, 0.5) is 5.82 Å². The van der Waals surface area contributed by atoms with E-state index in [0.29, 0.717) is 5.25 Å². The van der Waals surface area contributed by atoms with Crippen molar-refractivity contribution in [3.63, 3.8) is 0 Å². The van der Waals surface area contributed by atoms with Gasteiger partial charge in [-0.3, -0.25) is 0 Å². The summed E-state index contributed by atoms with van der Waals surface area (Å²) in [4.78, 5) is 9.11. The van der Waals surface area contributed by atoms with E-state index in [1.807, 2.05) is 6.92 Å². The highest BCUT2D eigenvalue weighted by Gasteiger charge is 2.27. The monoisotopic (exact) mass is 282 g/mol. The number of aromatic nitrogens is 2. The molecular formula is C13H22N4OS. The number of ether oxygens (including phenoxy) is 1. The van der Waals surface area contributed by atoms with Crippen LogP contribution in [0.5, 0.6) is 0 Å². The van der Waals surface area contributed by atoms with Crippen molar-refractivity contribution >= 4 is 17.6 Å². The molecule has 19 heavy (non-hydrogen) atoms. The summed E-state index contributed by atoms with van der Waals surface area (Å²) in [7, 11) is 0. The van der Waals surface area contributed by atoms with Crippen LogP contribution in [0.15, 0.2) is 5.03 Å². The maximum absolute atomic E-state index is 5.61. The number of anilines is 1. The van der Waals surface area contributed by atoms with Gasteiger partial charge in [-0.15, -0.1) is 0 Å². The third-order valence-electron chi connectivity index (χ3n) is 3.33. The van der Waals surface area contributed by atoms with Crippen molar-refractivity contribution in [1.29, 1.82) is 0 Å². The van der Waals surface area contributed by atoms with Crippen molar-refractivity contribution in [2.45, 2.75) is 56.4 Å². The van der Waals surface area contributed by atoms with E-state index in [1.54, 1.807) is 11.8 Å². The number of nitrogen functional groups attached to an aromatic ring is 1. The number of nitrogens with zero attached hydrogens (tertiary/aromatic N) is 2. The maximum Gasteiger partial charge on any atom is 0.147 e. The molecule has 2 atom stereocenters. The lowest BCUT2D eigenvalue weighted by molar-refractivity contribution is 0.127. The highest BCUT2D eigenvalue weighted by atomic mass is 32.2. The number of hydrogen-bond acceptors (Lipinski definition) is 6. The standard InChI is InChI=1S/C13H22N4OS/c1-4-5-11-15-12(17-14)8(2)13(16-11)19-10-6-7-18-9(10)3/h9-10H,4-7,14H2,1-3H3,(H,15,16,17). The summed E-state index contributed by atoms with van der Waals surface area (Å²) < 4.78 is 5.61. The molecule has 1 aliphatic rings. The van der Waals surface area contributed by atoms with Crippen LogP contribution in [0.2, 0.25) is 0 Å². The van der Waals surface area contributed by atoms with Crippen molar-refractivity contribution in [3.05, 3.63) is 11.4 Å². The molecule has 2 heterocycles. The summed E-state index contributed by atoms with van der Waals surface area (Å²) in [6.07, 6.45) is 3.26. The smallest absolute Gasteiger partial charge is 0.147 e. The molecule has 1 aromatic heterocycles. The van der Waals surface area contributed by atoms with Crippen LogP contribution in [0, 0.1) is 6.92 Å². The average molecular weight is 282 g/mol. The molecule has 0 bridgehead atoms. The quantitative estimate of drug-likeness (QED) is 0.490. The summed E-state index contributed by atoms with van der Waals surface area (Å²) in [5.41, 5.74) is 3.69. The predicted molar refractivity (Wildman–Crippen MR) is 78.3 cm³/mol. The lowest BCUT2D eigenvalue weighted by Gasteiger charge is -2.16. The summed E-state index contributed by atoms with van der Waals surface area (Å²) in [6, 6.07) is 0. The van der Waals surface area contributed by atoms with Crippen LogP contribution >= 0.6 is 11.8 Å². The molecule has 0 aromatic carbocycles. The van der Waals surface area contributed by atoms with Gasteiger partial charge < -0.3 is 10.2 Å². The lowest BCUT2D eigenvalue weighted by Crippen LogP contribution is -2.16. The minimum absolute atomic E-state index is 0.281. The van der Waals surface area contributed by atoms with Crippen LogP contribution in [0.1, 0.15) is 38.1 Å². The van der Waals surface area contributed by atoms with Crippen LogP contribution in [-0.4, -0.2) is 27.9 Å². The molecule has 106 valence electrons. The van der Waals surface area contributed by atoms with E-state index in [-0.39, 0.29) is 6.10 Å². The van der Waals surface area contributed by atoms with Crippen LogP contribution in [-0.2, 0) is 11.2 Å². The van der Waals surface area contributed by atoms with Gasteiger partial charge in [0.1, 0.15) is 16.7 Å². The lowest BCUT2D eigenvalue weighted by atomic mass is 10.2. The summed E-state index contributed by atoms with van der Waals surface area (Å²) in [5, 5.41) is 1.49. The number of nitrogens with one attached hydrogen (secondary N) is 1. The molecule has 3 N–H and O–H groups in total. The first kappa shape index (κ1) is 14.6. The number of nitrogens with two attached hydrogens (primary N) is 1. The number of rotatable bonds is 5. The third kappa shape index (κ3) is 3.38. The normalized spacial score (nSPS) is 22.7. The molecule has 0 saturated carbocycles. The molecule has 2 rings (SSSR count). The Kier molecular flexibility index (Phi) is 5.01. The van der Waals surface area contributed by atoms with E-state index in [0.717, 1.165) is 48.1 Å². The van der Waals surface area contributed by atoms with Gasteiger partial charge in [0.05, 0.1) is 6.10 Å². The van der Waals surface area contributed by atoms with Gasteiger partial charge in [0.15, 0.2) is 0 Å². The van der Waals surface area contributed by atoms with Gasteiger partial charge in [-0.25, -0.2) is 15.8 Å². The zero-order valence-corrected chi connectivity index (χ0v) is 12.6. The van der Waals surface area contributed by atoms with E-state index in [4.69, 9.17) is 10.6 Å². The minimum atomic E-state index is 0.281. The second-order valence-electron chi connectivity index (χ2n) is 4.83. The highest BCUT2D eigenvalue weighted by Crippen LogP contribution is 2.34. The molecule has 2 unspecified atom stereocenters. The Labute approximate surface area is 118 Å². The van der Waals surface area contributed by atoms with Crippen molar-refractivity contribution in [3.8, 4) is 0 Å². The number of thioether (sulfide) groups is 1. The molecule has 1 saturated heterocycles. The Balaban J connectivity index is 2.24. The second-order valence-corrected chi connectivity index (χ2v) is 6.06. The first-order valence-corrected chi connectivity index (χ1v) is 7.66. The largest absolute Gasteiger partial charge is 0.377 e. The molecule has 6 heteroatoms. The number of hydrazine groups is 1. The zero-order chi connectivity index (χ0) is 13.8. The fourth-order valence-electron chi connectivity index (χ4n) is 2.14. The van der Waals surface area contributed by atoms with Gasteiger partial charge in [-0.2, -0.15) is 0 Å². The SMILES string of the molecule is CCCc1nc(NN)c(C)c(SC2CCOC2C)n1. The van der Waals surface area contributed by atoms with Crippen molar-refractivity contribution in [2.24, 2.45) is 5.84 Å². The van der Waals surface area contributed by atoms with E-state index >= 15 is 0 Å². The van der Waals surface area contributed by atoms with E-state index in [2.05, 4.69) is 29.2 Å². The average Bonchev–Trinajstić information content (AvgIpc) is 2.79. The van der Waals surface area contributed by atoms with Gasteiger partial charge in [0.25, 0.3) is 0 Å². The van der Waals surface area contributed by atoms with E-state index < -0.39 is 0 Å². The Morgan fingerprint density at radius 3 is 2.84 bits per heavy atom. The third-order valence-corrected chi connectivity index (χ3v) is 4.87. The van der Waals surface area contributed by atoms with Crippen molar-refractivity contribution < 1.29 is 4.74 Å². The zero-order valence-electron chi connectivity index (χ0n) is 11.8. The van der Waals surface area contributed by atoms with Crippen molar-refractivity contribution in [2.75, 3.05) is 12.0 Å². The highest BCUT2D eigenvalue weighted by molar-refractivity contribution is 8.00. The first-order valence-electron chi connectivity index (χ1n) is 6.78. The summed E-state index contributed by atoms with van der Waals surface area (Å²) >= 11 is 1.78. The molecule has 1 aromatic rings. The van der Waals surface area contributed by atoms with Crippen LogP contribution in [0.3, 0.4) is 0 Å². The van der Waals surface area contributed by atoms with Crippen LogP contribution < -0.4 is 11.3 Å². The molecular weight excluding hydrogens is 260 g/mol. The van der Waals surface area contributed by atoms with Gasteiger partial charge in [0, 0.05) is 23.8 Å². The van der Waals surface area contributed by atoms with Gasteiger partial charge in [0.2, 0.25) is 0 Å². The Hall–Kier alpha value is -0.850.